The maximum atomic E-state index is 5.90. The molecule has 0 aromatic heterocycles. The van der Waals surface area contributed by atoms with Crippen LogP contribution >= 0.6 is 51.5 Å². The Morgan fingerprint density at radius 3 is 2.54 bits per heavy atom. The second-order valence-electron chi connectivity index (χ2n) is 2.39. The normalized spacial score (nSPS) is 9.54. The molecule has 0 spiro atoms. The molecule has 0 aliphatic rings. The van der Waals surface area contributed by atoms with Crippen molar-refractivity contribution >= 4 is 51.5 Å². The van der Waals surface area contributed by atoms with E-state index in [0.717, 1.165) is 16.6 Å². The zero-order chi connectivity index (χ0) is 9.14. The van der Waals surface area contributed by atoms with E-state index in [-0.39, 0.29) is 12.4 Å². The van der Waals surface area contributed by atoms with Crippen LogP contribution in [0.15, 0.2) is 16.6 Å². The van der Waals surface area contributed by atoms with Gasteiger partial charge in [-0.2, -0.15) is 0 Å². The highest BCUT2D eigenvalue weighted by Gasteiger charge is 2.04. The third kappa shape index (κ3) is 3.64. The SMILES string of the molecule is CNCc1cc(Cl)cc(Cl)c1Br.Cl. The largest absolute Gasteiger partial charge is 0.316 e. The topological polar surface area (TPSA) is 12.0 Å². The maximum Gasteiger partial charge on any atom is 0.0566 e. The first-order chi connectivity index (χ1) is 5.65. The van der Waals surface area contributed by atoms with Gasteiger partial charge in [0.05, 0.1) is 5.02 Å². The van der Waals surface area contributed by atoms with Gasteiger partial charge in [0.1, 0.15) is 0 Å². The molecule has 0 amide bonds. The van der Waals surface area contributed by atoms with Crippen LogP contribution in [-0.4, -0.2) is 7.05 Å². The van der Waals surface area contributed by atoms with Gasteiger partial charge >= 0.3 is 0 Å². The lowest BCUT2D eigenvalue weighted by atomic mass is 10.2. The second-order valence-corrected chi connectivity index (χ2v) is 4.03. The van der Waals surface area contributed by atoms with Crippen LogP contribution in [0.4, 0.5) is 0 Å². The minimum absolute atomic E-state index is 0. The van der Waals surface area contributed by atoms with Crippen LogP contribution in [0.25, 0.3) is 0 Å². The number of rotatable bonds is 2. The summed E-state index contributed by atoms with van der Waals surface area (Å²) in [7, 11) is 1.88. The molecule has 0 heterocycles. The summed E-state index contributed by atoms with van der Waals surface area (Å²) in [6.07, 6.45) is 0. The van der Waals surface area contributed by atoms with E-state index in [1.807, 2.05) is 13.1 Å². The van der Waals surface area contributed by atoms with Crippen molar-refractivity contribution in [3.63, 3.8) is 0 Å². The van der Waals surface area contributed by atoms with Crippen LogP contribution in [0.5, 0.6) is 0 Å². The number of nitrogens with one attached hydrogen (secondary N) is 1. The molecule has 0 aliphatic heterocycles. The highest BCUT2D eigenvalue weighted by molar-refractivity contribution is 9.10. The fourth-order valence-electron chi connectivity index (χ4n) is 0.928. The van der Waals surface area contributed by atoms with E-state index in [1.54, 1.807) is 6.07 Å². The Bertz CT molecular complexity index is 291. The van der Waals surface area contributed by atoms with Crippen LogP contribution in [0, 0.1) is 0 Å². The fourth-order valence-corrected chi connectivity index (χ4v) is 1.83. The molecule has 1 rings (SSSR count). The monoisotopic (exact) mass is 303 g/mol. The van der Waals surface area contributed by atoms with Crippen molar-refractivity contribution in [1.29, 1.82) is 0 Å². The highest BCUT2D eigenvalue weighted by atomic mass is 79.9. The Morgan fingerprint density at radius 2 is 2.00 bits per heavy atom. The van der Waals surface area contributed by atoms with Crippen LogP contribution in [0.1, 0.15) is 5.56 Å². The van der Waals surface area contributed by atoms with Gasteiger partial charge in [-0.3, -0.25) is 0 Å². The Kier molecular flexibility index (Phi) is 6.34. The first-order valence-corrected chi connectivity index (χ1v) is 4.98. The first-order valence-electron chi connectivity index (χ1n) is 3.43. The van der Waals surface area contributed by atoms with Crippen molar-refractivity contribution < 1.29 is 0 Å². The quantitative estimate of drug-likeness (QED) is 0.817. The minimum Gasteiger partial charge on any atom is -0.316 e. The number of halogens is 4. The predicted octanol–water partition coefficient (Wildman–Crippen LogP) is 3.90. The summed E-state index contributed by atoms with van der Waals surface area (Å²) in [6, 6.07) is 3.60. The standard InChI is InChI=1S/C8H8BrCl2N.ClH/c1-12-4-5-2-6(10)3-7(11)8(5)9;/h2-3,12H,4H2,1H3;1H. The summed E-state index contributed by atoms with van der Waals surface area (Å²) in [5.74, 6) is 0. The van der Waals surface area contributed by atoms with E-state index in [1.165, 1.54) is 0 Å². The average Bonchev–Trinajstić information content (AvgIpc) is 2.00. The fraction of sp³-hybridized carbons (Fsp3) is 0.250. The molecule has 5 heteroatoms. The lowest BCUT2D eigenvalue weighted by molar-refractivity contribution is 0.814. The minimum atomic E-state index is 0. The van der Waals surface area contributed by atoms with Crippen molar-refractivity contribution in [2.24, 2.45) is 0 Å². The molecule has 0 radical (unpaired) electrons. The van der Waals surface area contributed by atoms with Gasteiger partial charge in [-0.15, -0.1) is 12.4 Å². The molecule has 0 fully saturated rings. The van der Waals surface area contributed by atoms with E-state index in [4.69, 9.17) is 23.2 Å². The van der Waals surface area contributed by atoms with Crippen LogP contribution in [-0.2, 0) is 6.54 Å². The molecule has 1 aromatic carbocycles. The van der Waals surface area contributed by atoms with E-state index < -0.39 is 0 Å². The summed E-state index contributed by atoms with van der Waals surface area (Å²) >= 11 is 15.1. The van der Waals surface area contributed by atoms with Crippen molar-refractivity contribution in [1.82, 2.24) is 5.32 Å². The predicted molar refractivity (Wildman–Crippen MR) is 64.2 cm³/mol. The van der Waals surface area contributed by atoms with Crippen LogP contribution in [0.2, 0.25) is 10.0 Å². The lowest BCUT2D eigenvalue weighted by Gasteiger charge is -2.05. The molecule has 74 valence electrons. The molecular weight excluding hydrogens is 296 g/mol. The Balaban J connectivity index is 0.00000144. The van der Waals surface area contributed by atoms with Gasteiger partial charge in [0, 0.05) is 16.0 Å². The number of hydrogen-bond acceptors (Lipinski definition) is 1. The summed E-state index contributed by atoms with van der Waals surface area (Å²) in [4.78, 5) is 0. The third-order valence-electron chi connectivity index (χ3n) is 1.44. The van der Waals surface area contributed by atoms with E-state index in [0.29, 0.717) is 10.0 Å². The molecule has 1 N–H and O–H groups in total. The average molecular weight is 305 g/mol. The van der Waals surface area contributed by atoms with Gasteiger partial charge in [0.15, 0.2) is 0 Å². The Morgan fingerprint density at radius 1 is 1.38 bits per heavy atom. The molecule has 1 aromatic rings. The van der Waals surface area contributed by atoms with Crippen molar-refractivity contribution in [3.05, 3.63) is 32.2 Å². The Labute approximate surface area is 102 Å². The zero-order valence-corrected chi connectivity index (χ0v) is 10.8. The lowest BCUT2D eigenvalue weighted by Crippen LogP contribution is -2.05. The van der Waals surface area contributed by atoms with Crippen LogP contribution in [0.3, 0.4) is 0 Å². The molecule has 0 atom stereocenters. The molecular formula is C8H9BrCl3N. The van der Waals surface area contributed by atoms with Crippen molar-refractivity contribution in [3.8, 4) is 0 Å². The van der Waals surface area contributed by atoms with Gasteiger partial charge in [-0.25, -0.2) is 0 Å². The molecule has 13 heavy (non-hydrogen) atoms. The summed E-state index contributed by atoms with van der Waals surface area (Å²) in [5.41, 5.74) is 1.06. The van der Waals surface area contributed by atoms with Gasteiger partial charge < -0.3 is 5.32 Å². The second kappa shape index (κ2) is 6.10. The number of benzene rings is 1. The van der Waals surface area contributed by atoms with Gasteiger partial charge in [-0.1, -0.05) is 23.2 Å². The molecule has 0 unspecified atom stereocenters. The van der Waals surface area contributed by atoms with Crippen molar-refractivity contribution in [2.45, 2.75) is 6.54 Å². The molecule has 0 bridgehead atoms. The highest BCUT2D eigenvalue weighted by Crippen LogP contribution is 2.29. The molecule has 0 saturated carbocycles. The van der Waals surface area contributed by atoms with Crippen LogP contribution < -0.4 is 5.32 Å². The van der Waals surface area contributed by atoms with E-state index in [2.05, 4.69) is 21.2 Å². The molecule has 1 nitrogen and oxygen atoms in total. The van der Waals surface area contributed by atoms with Gasteiger partial charge in [0.25, 0.3) is 0 Å². The maximum absolute atomic E-state index is 5.90. The Hall–Kier alpha value is 0.530. The first kappa shape index (κ1) is 13.5. The van der Waals surface area contributed by atoms with E-state index in [9.17, 15) is 0 Å². The van der Waals surface area contributed by atoms with Gasteiger partial charge in [0.2, 0.25) is 0 Å². The smallest absolute Gasteiger partial charge is 0.0566 e. The zero-order valence-electron chi connectivity index (χ0n) is 6.90. The van der Waals surface area contributed by atoms with Crippen molar-refractivity contribution in [2.75, 3.05) is 7.05 Å². The summed E-state index contributed by atoms with van der Waals surface area (Å²) < 4.78 is 0.905. The molecule has 0 aliphatic carbocycles. The summed E-state index contributed by atoms with van der Waals surface area (Å²) in [5, 5.41) is 4.34. The number of hydrogen-bond donors (Lipinski definition) is 1. The summed E-state index contributed by atoms with van der Waals surface area (Å²) in [6.45, 7) is 0.751. The van der Waals surface area contributed by atoms with Gasteiger partial charge in [-0.05, 0) is 40.7 Å². The van der Waals surface area contributed by atoms with E-state index >= 15 is 0 Å². The molecule has 0 saturated heterocycles. The third-order valence-corrected chi connectivity index (χ3v) is 3.12.